The van der Waals surface area contributed by atoms with E-state index in [0.29, 0.717) is 18.6 Å². The zero-order chi connectivity index (χ0) is 17.4. The molecule has 0 radical (unpaired) electrons. The SMILES string of the molecule is CNC(=O)CCOc1ccc(NC(C)c2ccc(C#N)cc2)cc1. The summed E-state index contributed by atoms with van der Waals surface area (Å²) in [6.07, 6.45) is 0.340. The molecule has 1 unspecified atom stereocenters. The van der Waals surface area contributed by atoms with E-state index in [1.165, 1.54) is 0 Å². The molecule has 0 aliphatic rings. The van der Waals surface area contributed by atoms with Crippen LogP contribution in [0.2, 0.25) is 0 Å². The third kappa shape index (κ3) is 5.03. The highest BCUT2D eigenvalue weighted by molar-refractivity contribution is 5.75. The number of amides is 1. The van der Waals surface area contributed by atoms with Gasteiger partial charge in [0.15, 0.2) is 0 Å². The van der Waals surface area contributed by atoms with Crippen molar-refractivity contribution in [3.8, 4) is 11.8 Å². The highest BCUT2D eigenvalue weighted by atomic mass is 16.5. The van der Waals surface area contributed by atoms with Gasteiger partial charge in [0, 0.05) is 18.8 Å². The molecule has 0 bridgehead atoms. The van der Waals surface area contributed by atoms with E-state index in [1.54, 1.807) is 7.05 Å². The van der Waals surface area contributed by atoms with Crippen molar-refractivity contribution in [1.82, 2.24) is 5.32 Å². The molecule has 0 spiro atoms. The second-order valence-corrected chi connectivity index (χ2v) is 5.40. The maximum atomic E-state index is 11.1. The van der Waals surface area contributed by atoms with Crippen LogP contribution in [0.5, 0.6) is 5.75 Å². The summed E-state index contributed by atoms with van der Waals surface area (Å²) >= 11 is 0. The number of nitrogens with zero attached hydrogens (tertiary/aromatic N) is 1. The lowest BCUT2D eigenvalue weighted by atomic mass is 10.1. The molecule has 0 aliphatic heterocycles. The lowest BCUT2D eigenvalue weighted by molar-refractivity contribution is -0.121. The first-order chi connectivity index (χ1) is 11.6. The third-order valence-electron chi connectivity index (χ3n) is 3.65. The Bertz CT molecular complexity index is 703. The zero-order valence-corrected chi connectivity index (χ0v) is 13.9. The van der Waals surface area contributed by atoms with E-state index >= 15 is 0 Å². The van der Waals surface area contributed by atoms with E-state index < -0.39 is 0 Å². The average molecular weight is 323 g/mol. The van der Waals surface area contributed by atoms with Crippen LogP contribution in [-0.4, -0.2) is 19.6 Å². The van der Waals surface area contributed by atoms with Crippen molar-refractivity contribution in [3.05, 3.63) is 59.7 Å². The number of carbonyl (C=O) groups excluding carboxylic acids is 1. The first-order valence-electron chi connectivity index (χ1n) is 7.82. The predicted octanol–water partition coefficient (Wildman–Crippen LogP) is 3.25. The van der Waals surface area contributed by atoms with Gasteiger partial charge in [-0.15, -0.1) is 0 Å². The van der Waals surface area contributed by atoms with Crippen molar-refractivity contribution < 1.29 is 9.53 Å². The van der Waals surface area contributed by atoms with Gasteiger partial charge >= 0.3 is 0 Å². The molecule has 1 atom stereocenters. The monoisotopic (exact) mass is 323 g/mol. The molecule has 24 heavy (non-hydrogen) atoms. The minimum Gasteiger partial charge on any atom is -0.493 e. The standard InChI is InChI=1S/C19H21N3O2/c1-14(16-5-3-15(13-20)4-6-16)22-17-7-9-18(10-8-17)24-12-11-19(23)21-2/h3-10,14,22H,11-12H2,1-2H3,(H,21,23). The van der Waals surface area contributed by atoms with Gasteiger partial charge in [0.2, 0.25) is 5.91 Å². The molecule has 2 aromatic rings. The largest absolute Gasteiger partial charge is 0.493 e. The fourth-order valence-corrected chi connectivity index (χ4v) is 2.21. The number of nitriles is 1. The van der Waals surface area contributed by atoms with Gasteiger partial charge in [0.1, 0.15) is 5.75 Å². The van der Waals surface area contributed by atoms with Crippen LogP contribution in [0.25, 0.3) is 0 Å². The number of nitrogens with one attached hydrogen (secondary N) is 2. The summed E-state index contributed by atoms with van der Waals surface area (Å²) in [5.74, 6) is 0.694. The van der Waals surface area contributed by atoms with Crippen molar-refractivity contribution >= 4 is 11.6 Å². The highest BCUT2D eigenvalue weighted by Gasteiger charge is 2.06. The normalized spacial score (nSPS) is 11.2. The summed E-state index contributed by atoms with van der Waals surface area (Å²) in [5.41, 5.74) is 2.75. The van der Waals surface area contributed by atoms with Crippen LogP contribution < -0.4 is 15.4 Å². The van der Waals surface area contributed by atoms with E-state index in [1.807, 2.05) is 48.5 Å². The first kappa shape index (κ1) is 17.4. The molecule has 0 saturated carbocycles. The van der Waals surface area contributed by atoms with Crippen LogP contribution in [0.15, 0.2) is 48.5 Å². The Kier molecular flexibility index (Phi) is 6.21. The fourth-order valence-electron chi connectivity index (χ4n) is 2.21. The number of benzene rings is 2. The Labute approximate surface area is 142 Å². The Hall–Kier alpha value is -3.00. The van der Waals surface area contributed by atoms with Crippen LogP contribution in [0.1, 0.15) is 30.5 Å². The topological polar surface area (TPSA) is 74.2 Å². The summed E-state index contributed by atoms with van der Waals surface area (Å²) in [4.78, 5) is 11.1. The molecule has 0 heterocycles. The molecule has 5 heteroatoms. The van der Waals surface area contributed by atoms with Gasteiger partial charge in [0.25, 0.3) is 0 Å². The van der Waals surface area contributed by atoms with E-state index in [0.717, 1.165) is 17.0 Å². The number of carbonyl (C=O) groups is 1. The lowest BCUT2D eigenvalue weighted by Crippen LogP contribution is -2.20. The summed E-state index contributed by atoms with van der Waals surface area (Å²) in [6, 6.07) is 17.4. The van der Waals surface area contributed by atoms with Crippen molar-refractivity contribution in [3.63, 3.8) is 0 Å². The quantitative estimate of drug-likeness (QED) is 0.820. The van der Waals surface area contributed by atoms with E-state index in [-0.39, 0.29) is 11.9 Å². The van der Waals surface area contributed by atoms with Crippen LogP contribution in [-0.2, 0) is 4.79 Å². The molecule has 0 aromatic heterocycles. The Balaban J connectivity index is 1.88. The molecule has 0 fully saturated rings. The predicted molar refractivity (Wildman–Crippen MR) is 93.8 cm³/mol. The smallest absolute Gasteiger partial charge is 0.223 e. The van der Waals surface area contributed by atoms with Crippen molar-refractivity contribution in [2.75, 3.05) is 19.0 Å². The van der Waals surface area contributed by atoms with Crippen LogP contribution in [0, 0.1) is 11.3 Å². The molecule has 124 valence electrons. The Morgan fingerprint density at radius 2 is 1.83 bits per heavy atom. The molecule has 2 N–H and O–H groups in total. The van der Waals surface area contributed by atoms with Crippen LogP contribution >= 0.6 is 0 Å². The van der Waals surface area contributed by atoms with Gasteiger partial charge in [0.05, 0.1) is 24.7 Å². The van der Waals surface area contributed by atoms with Crippen molar-refractivity contribution in [2.45, 2.75) is 19.4 Å². The first-order valence-corrected chi connectivity index (χ1v) is 7.82. The Morgan fingerprint density at radius 3 is 2.42 bits per heavy atom. The van der Waals surface area contributed by atoms with E-state index in [9.17, 15) is 4.79 Å². The number of anilines is 1. The molecule has 1 amide bonds. The van der Waals surface area contributed by atoms with Crippen LogP contribution in [0.4, 0.5) is 5.69 Å². The molecule has 5 nitrogen and oxygen atoms in total. The van der Waals surface area contributed by atoms with Gasteiger partial charge in [-0.3, -0.25) is 4.79 Å². The number of rotatable bonds is 7. The lowest BCUT2D eigenvalue weighted by Gasteiger charge is -2.16. The fraction of sp³-hybridized carbons (Fsp3) is 0.263. The second kappa shape index (κ2) is 8.59. The molecule has 0 aliphatic carbocycles. The van der Waals surface area contributed by atoms with Crippen LogP contribution in [0.3, 0.4) is 0 Å². The maximum absolute atomic E-state index is 11.1. The van der Waals surface area contributed by atoms with Gasteiger partial charge in [-0.2, -0.15) is 5.26 Å². The average Bonchev–Trinajstić information content (AvgIpc) is 2.63. The third-order valence-corrected chi connectivity index (χ3v) is 3.65. The molecular weight excluding hydrogens is 302 g/mol. The zero-order valence-electron chi connectivity index (χ0n) is 13.9. The van der Waals surface area contributed by atoms with Crippen molar-refractivity contribution in [2.24, 2.45) is 0 Å². The van der Waals surface area contributed by atoms with Gasteiger partial charge < -0.3 is 15.4 Å². The molecule has 2 rings (SSSR count). The van der Waals surface area contributed by atoms with Gasteiger partial charge in [-0.25, -0.2) is 0 Å². The minimum atomic E-state index is -0.0375. The van der Waals surface area contributed by atoms with Gasteiger partial charge in [-0.05, 0) is 48.9 Å². The number of hydrogen-bond donors (Lipinski definition) is 2. The van der Waals surface area contributed by atoms with Gasteiger partial charge in [-0.1, -0.05) is 12.1 Å². The number of ether oxygens (including phenoxy) is 1. The maximum Gasteiger partial charge on any atom is 0.223 e. The summed E-state index contributed by atoms with van der Waals surface area (Å²) < 4.78 is 5.53. The minimum absolute atomic E-state index is 0.0375. The summed E-state index contributed by atoms with van der Waals surface area (Å²) in [6.45, 7) is 2.42. The second-order valence-electron chi connectivity index (χ2n) is 5.40. The number of hydrogen-bond acceptors (Lipinski definition) is 4. The summed E-state index contributed by atoms with van der Waals surface area (Å²) in [5, 5.41) is 14.8. The highest BCUT2D eigenvalue weighted by Crippen LogP contribution is 2.22. The molecule has 2 aromatic carbocycles. The molecule has 0 saturated heterocycles. The van der Waals surface area contributed by atoms with E-state index in [4.69, 9.17) is 10.00 Å². The summed E-state index contributed by atoms with van der Waals surface area (Å²) in [7, 11) is 1.61. The van der Waals surface area contributed by atoms with E-state index in [2.05, 4.69) is 23.6 Å². The molecular formula is C19H21N3O2. The Morgan fingerprint density at radius 1 is 1.17 bits per heavy atom. The van der Waals surface area contributed by atoms with Crippen molar-refractivity contribution in [1.29, 1.82) is 5.26 Å².